The summed E-state index contributed by atoms with van der Waals surface area (Å²) in [4.78, 5) is 29.3. The first kappa shape index (κ1) is 15.4. The van der Waals surface area contributed by atoms with Gasteiger partial charge in [-0.3, -0.25) is 9.59 Å². The zero-order valence-corrected chi connectivity index (χ0v) is 13.4. The maximum Gasteiger partial charge on any atom is 0.272 e. The van der Waals surface area contributed by atoms with E-state index < -0.39 is 0 Å². The zero-order chi connectivity index (χ0) is 17.4. The lowest BCUT2D eigenvalue weighted by molar-refractivity contribution is -0.117. The van der Waals surface area contributed by atoms with Gasteiger partial charge in [0.05, 0.1) is 11.4 Å². The van der Waals surface area contributed by atoms with Crippen LogP contribution in [-0.4, -0.2) is 23.3 Å². The second-order valence-corrected chi connectivity index (χ2v) is 6.03. The SMILES string of the molecule is O=C(Nc1ccccc1N1CCCC1=O)c1cc2cc(F)ccc2[nH]1. The van der Waals surface area contributed by atoms with E-state index in [1.807, 2.05) is 12.1 Å². The Balaban J connectivity index is 1.63. The maximum atomic E-state index is 13.3. The summed E-state index contributed by atoms with van der Waals surface area (Å²) in [5, 5.41) is 3.47. The average Bonchev–Trinajstić information content (AvgIpc) is 3.21. The predicted molar refractivity (Wildman–Crippen MR) is 94.2 cm³/mol. The Morgan fingerprint density at radius 2 is 2.00 bits per heavy atom. The largest absolute Gasteiger partial charge is 0.351 e. The number of nitrogens with zero attached hydrogens (tertiary/aromatic N) is 1. The molecule has 0 aliphatic carbocycles. The number of H-pyrrole nitrogens is 1. The molecule has 25 heavy (non-hydrogen) atoms. The molecule has 0 spiro atoms. The van der Waals surface area contributed by atoms with Crippen molar-refractivity contribution in [1.29, 1.82) is 0 Å². The molecule has 1 aromatic heterocycles. The topological polar surface area (TPSA) is 65.2 Å². The summed E-state index contributed by atoms with van der Waals surface area (Å²) in [6, 6.07) is 13.1. The Morgan fingerprint density at radius 1 is 1.16 bits per heavy atom. The van der Waals surface area contributed by atoms with Crippen LogP contribution in [0.25, 0.3) is 10.9 Å². The van der Waals surface area contributed by atoms with Gasteiger partial charge in [0.15, 0.2) is 0 Å². The smallest absolute Gasteiger partial charge is 0.272 e. The number of fused-ring (bicyclic) bond motifs is 1. The minimum absolute atomic E-state index is 0.0581. The summed E-state index contributed by atoms with van der Waals surface area (Å²) < 4.78 is 13.3. The van der Waals surface area contributed by atoms with E-state index in [0.29, 0.717) is 40.9 Å². The molecular formula is C19H16FN3O2. The molecular weight excluding hydrogens is 321 g/mol. The van der Waals surface area contributed by atoms with Crippen molar-refractivity contribution < 1.29 is 14.0 Å². The van der Waals surface area contributed by atoms with Crippen molar-refractivity contribution in [3.05, 3.63) is 60.0 Å². The number of hydrogen-bond donors (Lipinski definition) is 2. The molecule has 1 fully saturated rings. The molecule has 2 heterocycles. The molecule has 5 nitrogen and oxygen atoms in total. The van der Waals surface area contributed by atoms with Gasteiger partial charge in [-0.25, -0.2) is 4.39 Å². The van der Waals surface area contributed by atoms with Crippen LogP contribution in [0.1, 0.15) is 23.3 Å². The molecule has 6 heteroatoms. The number of benzene rings is 2. The fraction of sp³-hybridized carbons (Fsp3) is 0.158. The molecule has 0 atom stereocenters. The highest BCUT2D eigenvalue weighted by Crippen LogP contribution is 2.30. The summed E-state index contributed by atoms with van der Waals surface area (Å²) in [5.74, 6) is -0.630. The second-order valence-electron chi connectivity index (χ2n) is 6.03. The van der Waals surface area contributed by atoms with Crippen molar-refractivity contribution in [2.24, 2.45) is 0 Å². The summed E-state index contributed by atoms with van der Waals surface area (Å²) in [6.45, 7) is 0.650. The van der Waals surface area contributed by atoms with Gasteiger partial charge in [0, 0.05) is 23.9 Å². The van der Waals surface area contributed by atoms with E-state index in [-0.39, 0.29) is 17.6 Å². The van der Waals surface area contributed by atoms with E-state index in [0.717, 1.165) is 6.42 Å². The number of halogens is 1. The number of carbonyl (C=O) groups is 2. The van der Waals surface area contributed by atoms with Crippen LogP contribution in [0.5, 0.6) is 0 Å². The highest BCUT2D eigenvalue weighted by atomic mass is 19.1. The van der Waals surface area contributed by atoms with Crippen LogP contribution in [0.3, 0.4) is 0 Å². The molecule has 4 rings (SSSR count). The number of para-hydroxylation sites is 2. The molecule has 0 bridgehead atoms. The molecule has 3 aromatic rings. The van der Waals surface area contributed by atoms with E-state index in [1.54, 1.807) is 29.2 Å². The van der Waals surface area contributed by atoms with Crippen LogP contribution in [0.15, 0.2) is 48.5 Å². The first-order chi connectivity index (χ1) is 12.1. The summed E-state index contributed by atoms with van der Waals surface area (Å²) in [6.07, 6.45) is 1.34. The Kier molecular flexibility index (Phi) is 3.72. The molecule has 2 N–H and O–H groups in total. The third kappa shape index (κ3) is 2.87. The van der Waals surface area contributed by atoms with E-state index in [4.69, 9.17) is 0 Å². The van der Waals surface area contributed by atoms with Crippen LogP contribution in [0.2, 0.25) is 0 Å². The monoisotopic (exact) mass is 337 g/mol. The van der Waals surface area contributed by atoms with Crippen LogP contribution in [0.4, 0.5) is 15.8 Å². The minimum Gasteiger partial charge on any atom is -0.351 e. The van der Waals surface area contributed by atoms with Crippen molar-refractivity contribution in [2.45, 2.75) is 12.8 Å². The van der Waals surface area contributed by atoms with Crippen LogP contribution >= 0.6 is 0 Å². The van der Waals surface area contributed by atoms with Crippen molar-refractivity contribution in [3.63, 3.8) is 0 Å². The second kappa shape index (κ2) is 6.05. The third-order valence-electron chi connectivity index (χ3n) is 4.34. The lowest BCUT2D eigenvalue weighted by Gasteiger charge is -2.19. The zero-order valence-electron chi connectivity index (χ0n) is 13.4. The van der Waals surface area contributed by atoms with Gasteiger partial charge in [-0.15, -0.1) is 0 Å². The van der Waals surface area contributed by atoms with E-state index in [1.165, 1.54) is 12.1 Å². The Morgan fingerprint density at radius 3 is 2.80 bits per heavy atom. The fourth-order valence-corrected chi connectivity index (χ4v) is 3.13. The van der Waals surface area contributed by atoms with Gasteiger partial charge in [0.1, 0.15) is 11.5 Å². The van der Waals surface area contributed by atoms with Crippen LogP contribution < -0.4 is 10.2 Å². The third-order valence-corrected chi connectivity index (χ3v) is 4.34. The molecule has 126 valence electrons. The first-order valence-electron chi connectivity index (χ1n) is 8.11. The Bertz CT molecular complexity index is 980. The number of nitrogens with one attached hydrogen (secondary N) is 2. The van der Waals surface area contributed by atoms with Gasteiger partial charge in [0.2, 0.25) is 5.91 Å². The van der Waals surface area contributed by atoms with Crippen molar-refractivity contribution in [2.75, 3.05) is 16.8 Å². The number of anilines is 2. The Labute approximate surface area is 143 Å². The van der Waals surface area contributed by atoms with Crippen molar-refractivity contribution >= 4 is 34.1 Å². The van der Waals surface area contributed by atoms with E-state index >= 15 is 0 Å². The summed E-state index contributed by atoms with van der Waals surface area (Å²) >= 11 is 0. The molecule has 0 unspecified atom stereocenters. The molecule has 0 saturated carbocycles. The average molecular weight is 337 g/mol. The molecule has 1 saturated heterocycles. The van der Waals surface area contributed by atoms with Crippen molar-refractivity contribution in [3.8, 4) is 0 Å². The summed E-state index contributed by atoms with van der Waals surface area (Å²) in [7, 11) is 0. The highest BCUT2D eigenvalue weighted by Gasteiger charge is 2.24. The summed E-state index contributed by atoms with van der Waals surface area (Å²) in [5.41, 5.74) is 2.30. The van der Waals surface area contributed by atoms with Gasteiger partial charge in [-0.2, -0.15) is 0 Å². The molecule has 2 amide bonds. The number of aromatic nitrogens is 1. The lowest BCUT2D eigenvalue weighted by Crippen LogP contribution is -2.25. The lowest BCUT2D eigenvalue weighted by atomic mass is 10.2. The van der Waals surface area contributed by atoms with Gasteiger partial charge >= 0.3 is 0 Å². The fourth-order valence-electron chi connectivity index (χ4n) is 3.13. The predicted octanol–water partition coefficient (Wildman–Crippen LogP) is 3.69. The number of amides is 2. The van der Waals surface area contributed by atoms with Gasteiger partial charge in [-0.1, -0.05) is 12.1 Å². The van der Waals surface area contributed by atoms with E-state index in [2.05, 4.69) is 10.3 Å². The molecule has 0 radical (unpaired) electrons. The van der Waals surface area contributed by atoms with Gasteiger partial charge in [0.25, 0.3) is 5.91 Å². The number of carbonyl (C=O) groups excluding carboxylic acids is 2. The minimum atomic E-state index is -0.351. The van der Waals surface area contributed by atoms with Crippen molar-refractivity contribution in [1.82, 2.24) is 4.98 Å². The van der Waals surface area contributed by atoms with Crippen LogP contribution in [0, 0.1) is 5.82 Å². The van der Waals surface area contributed by atoms with Gasteiger partial charge < -0.3 is 15.2 Å². The standard InChI is InChI=1S/C19H16FN3O2/c20-13-7-8-14-12(10-13)11-16(21-14)19(25)22-15-4-1-2-5-17(15)23-9-3-6-18(23)24/h1-2,4-5,7-8,10-11,21H,3,6,9H2,(H,22,25). The number of aromatic amines is 1. The quantitative estimate of drug-likeness (QED) is 0.765. The molecule has 1 aliphatic rings. The number of hydrogen-bond acceptors (Lipinski definition) is 2. The van der Waals surface area contributed by atoms with Crippen LogP contribution in [-0.2, 0) is 4.79 Å². The Hall–Kier alpha value is -3.15. The number of rotatable bonds is 3. The first-order valence-corrected chi connectivity index (χ1v) is 8.11. The van der Waals surface area contributed by atoms with E-state index in [9.17, 15) is 14.0 Å². The maximum absolute atomic E-state index is 13.3. The molecule has 1 aliphatic heterocycles. The normalized spacial score (nSPS) is 14.3. The highest BCUT2D eigenvalue weighted by molar-refractivity contribution is 6.09. The van der Waals surface area contributed by atoms with Gasteiger partial charge in [-0.05, 0) is 42.8 Å². The molecule has 2 aromatic carbocycles.